The summed E-state index contributed by atoms with van der Waals surface area (Å²) in [6, 6.07) is 7.11. The van der Waals surface area contributed by atoms with Gasteiger partial charge in [-0.1, -0.05) is 70.6 Å². The lowest BCUT2D eigenvalue weighted by Gasteiger charge is -2.33. The minimum Gasteiger partial charge on any atom is -0.361 e. The lowest BCUT2D eigenvalue weighted by atomic mass is 9.90. The summed E-state index contributed by atoms with van der Waals surface area (Å²) in [5, 5.41) is 7.01. The van der Waals surface area contributed by atoms with E-state index in [1.54, 1.807) is 0 Å². The highest BCUT2D eigenvalue weighted by molar-refractivity contribution is 5.98. The quantitative estimate of drug-likeness (QED) is 0.584. The van der Waals surface area contributed by atoms with Crippen LogP contribution in [-0.4, -0.2) is 28.9 Å². The molecule has 1 saturated heterocycles. The lowest BCUT2D eigenvalue weighted by Crippen LogP contribution is -2.62. The van der Waals surface area contributed by atoms with Crippen LogP contribution in [0.3, 0.4) is 0 Å². The Kier molecular flexibility index (Phi) is 6.54. The molecule has 1 aromatic heterocycles. The molecular weight excluding hydrogens is 338 g/mol. The van der Waals surface area contributed by atoms with E-state index in [9.17, 15) is 9.59 Å². The monoisotopic (exact) mass is 369 g/mol. The normalized spacial score (nSPS) is 21.1. The molecule has 1 aliphatic heterocycles. The molecule has 2 amide bonds. The Bertz CT molecular complexity index is 783. The zero-order valence-corrected chi connectivity index (χ0v) is 16.4. The summed E-state index contributed by atoms with van der Waals surface area (Å²) in [6.45, 7) is 4.20. The number of unbranched alkanes of at least 4 members (excludes halogenated alkanes) is 5. The highest BCUT2D eigenvalue weighted by Crippen LogP contribution is 2.28. The number of para-hydroxylation sites is 1. The molecule has 0 bridgehead atoms. The highest BCUT2D eigenvalue weighted by Gasteiger charge is 2.37. The smallest absolute Gasteiger partial charge is 0.243 e. The largest absolute Gasteiger partial charge is 0.361 e. The number of carbonyl (C=O) groups excluding carboxylic acids is 2. The third kappa shape index (κ3) is 4.52. The molecule has 1 aliphatic rings. The molecule has 3 atom stereocenters. The molecule has 3 N–H and O–H groups in total. The highest BCUT2D eigenvalue weighted by atomic mass is 16.2. The van der Waals surface area contributed by atoms with Crippen LogP contribution in [0.5, 0.6) is 0 Å². The fraction of sp³-hybridized carbons (Fsp3) is 0.545. The Morgan fingerprint density at radius 1 is 0.963 bits per heavy atom. The van der Waals surface area contributed by atoms with E-state index >= 15 is 0 Å². The van der Waals surface area contributed by atoms with Gasteiger partial charge in [0.1, 0.15) is 12.1 Å². The van der Waals surface area contributed by atoms with Gasteiger partial charge in [0.05, 0.1) is 0 Å². The number of hydrogen-bond acceptors (Lipinski definition) is 2. The van der Waals surface area contributed by atoms with Gasteiger partial charge in [0.15, 0.2) is 0 Å². The zero-order chi connectivity index (χ0) is 19.2. The van der Waals surface area contributed by atoms with Gasteiger partial charge in [-0.25, -0.2) is 0 Å². The van der Waals surface area contributed by atoms with Crippen molar-refractivity contribution >= 4 is 22.7 Å². The van der Waals surface area contributed by atoms with Crippen LogP contribution < -0.4 is 10.6 Å². The van der Waals surface area contributed by atoms with Crippen LogP contribution >= 0.6 is 0 Å². The second-order valence-electron chi connectivity index (χ2n) is 7.68. The number of rotatable bonds is 9. The number of hydrogen-bond donors (Lipinski definition) is 3. The SMILES string of the molecule is CCCCCCCC[C@@H]1NC(=O)[C@@H](C(C)c2c[nH]c3ccccc23)NC1=O. The van der Waals surface area contributed by atoms with Crippen LogP contribution in [0.1, 0.15) is 70.3 Å². The Morgan fingerprint density at radius 2 is 1.70 bits per heavy atom. The van der Waals surface area contributed by atoms with Gasteiger partial charge in [-0.05, 0) is 18.1 Å². The summed E-state index contributed by atoms with van der Waals surface area (Å²) in [4.78, 5) is 28.4. The first-order valence-electron chi connectivity index (χ1n) is 10.3. The molecule has 5 nitrogen and oxygen atoms in total. The molecule has 1 aromatic carbocycles. The molecule has 1 unspecified atom stereocenters. The average molecular weight is 370 g/mol. The maximum Gasteiger partial charge on any atom is 0.243 e. The minimum absolute atomic E-state index is 0.0557. The van der Waals surface area contributed by atoms with Crippen LogP contribution in [0, 0.1) is 0 Å². The van der Waals surface area contributed by atoms with Crippen molar-refractivity contribution in [1.82, 2.24) is 15.6 Å². The van der Waals surface area contributed by atoms with Crippen molar-refractivity contribution in [3.05, 3.63) is 36.0 Å². The minimum atomic E-state index is -0.530. The Hall–Kier alpha value is -2.30. The van der Waals surface area contributed by atoms with E-state index in [2.05, 4.69) is 22.5 Å². The van der Waals surface area contributed by atoms with Gasteiger partial charge in [-0.3, -0.25) is 9.59 Å². The van der Waals surface area contributed by atoms with Crippen molar-refractivity contribution in [3.8, 4) is 0 Å². The van der Waals surface area contributed by atoms with E-state index in [0.717, 1.165) is 35.7 Å². The standard InChI is InChI=1S/C22H31N3O2/c1-3-4-5-6-7-8-13-19-21(26)25-20(22(27)24-19)15(2)17-14-23-18-12-10-9-11-16(17)18/h9-12,14-15,19-20,23H,3-8,13H2,1-2H3,(H,24,27)(H,25,26)/t15?,19-,20+/m0/s1. The van der Waals surface area contributed by atoms with E-state index in [0.29, 0.717) is 0 Å². The van der Waals surface area contributed by atoms with Crippen LogP contribution in [0.4, 0.5) is 0 Å². The summed E-state index contributed by atoms with van der Waals surface area (Å²) in [7, 11) is 0. The second-order valence-corrected chi connectivity index (χ2v) is 7.68. The zero-order valence-electron chi connectivity index (χ0n) is 16.4. The molecule has 0 aliphatic carbocycles. The van der Waals surface area contributed by atoms with Gasteiger partial charge in [0.2, 0.25) is 11.8 Å². The Balaban J connectivity index is 1.57. The first-order chi connectivity index (χ1) is 13.1. The van der Waals surface area contributed by atoms with Gasteiger partial charge in [-0.15, -0.1) is 0 Å². The van der Waals surface area contributed by atoms with E-state index in [1.165, 1.54) is 25.7 Å². The number of piperazine rings is 1. The summed E-state index contributed by atoms with van der Waals surface area (Å²) >= 11 is 0. The van der Waals surface area contributed by atoms with Crippen LogP contribution in [0.2, 0.25) is 0 Å². The molecule has 0 spiro atoms. The Morgan fingerprint density at radius 3 is 2.52 bits per heavy atom. The first kappa shape index (κ1) is 19.5. The summed E-state index contributed by atoms with van der Waals surface area (Å²) in [5.41, 5.74) is 2.10. The van der Waals surface area contributed by atoms with E-state index in [4.69, 9.17) is 0 Å². The molecule has 3 rings (SSSR count). The number of aromatic nitrogens is 1. The first-order valence-corrected chi connectivity index (χ1v) is 10.3. The predicted molar refractivity (Wildman–Crippen MR) is 109 cm³/mol. The van der Waals surface area contributed by atoms with Gasteiger partial charge >= 0.3 is 0 Å². The molecule has 0 saturated carbocycles. The maximum absolute atomic E-state index is 12.7. The lowest BCUT2D eigenvalue weighted by molar-refractivity contribution is -0.137. The maximum atomic E-state index is 12.7. The van der Waals surface area contributed by atoms with Crippen LogP contribution in [0.25, 0.3) is 10.9 Å². The number of H-pyrrole nitrogens is 1. The molecule has 27 heavy (non-hydrogen) atoms. The van der Waals surface area contributed by atoms with Crippen LogP contribution in [-0.2, 0) is 9.59 Å². The number of nitrogens with one attached hydrogen (secondary N) is 3. The van der Waals surface area contributed by atoms with Crippen molar-refractivity contribution in [2.75, 3.05) is 0 Å². The number of aromatic amines is 1. The third-order valence-electron chi connectivity index (χ3n) is 5.67. The molecular formula is C22H31N3O2. The predicted octanol–water partition coefficient (Wildman–Crippen LogP) is 4.01. The van der Waals surface area contributed by atoms with Gasteiger partial charge in [-0.2, -0.15) is 0 Å². The third-order valence-corrected chi connectivity index (χ3v) is 5.67. The molecule has 1 fully saturated rings. The summed E-state index contributed by atoms with van der Waals surface area (Å²) in [5.74, 6) is -0.233. The van der Waals surface area contributed by atoms with E-state index in [1.807, 2.05) is 37.4 Å². The average Bonchev–Trinajstić information content (AvgIpc) is 3.10. The number of fused-ring (bicyclic) bond motifs is 1. The molecule has 5 heteroatoms. The fourth-order valence-electron chi connectivity index (χ4n) is 3.98. The summed E-state index contributed by atoms with van der Waals surface area (Å²) < 4.78 is 0. The number of amides is 2. The topological polar surface area (TPSA) is 74.0 Å². The summed E-state index contributed by atoms with van der Waals surface area (Å²) in [6.07, 6.45) is 9.72. The van der Waals surface area contributed by atoms with Crippen LogP contribution in [0.15, 0.2) is 30.5 Å². The van der Waals surface area contributed by atoms with Crippen molar-refractivity contribution in [3.63, 3.8) is 0 Å². The second kappa shape index (κ2) is 9.07. The number of benzene rings is 1. The van der Waals surface area contributed by atoms with Crippen molar-refractivity contribution < 1.29 is 9.59 Å². The van der Waals surface area contributed by atoms with E-state index < -0.39 is 12.1 Å². The van der Waals surface area contributed by atoms with Crippen molar-refractivity contribution in [2.24, 2.45) is 0 Å². The molecule has 2 heterocycles. The van der Waals surface area contributed by atoms with Gasteiger partial charge in [0.25, 0.3) is 0 Å². The fourth-order valence-corrected chi connectivity index (χ4v) is 3.98. The van der Waals surface area contributed by atoms with Gasteiger partial charge in [0, 0.05) is 23.0 Å². The van der Waals surface area contributed by atoms with Crippen molar-refractivity contribution in [2.45, 2.75) is 76.8 Å². The van der Waals surface area contributed by atoms with Gasteiger partial charge < -0.3 is 15.6 Å². The number of carbonyl (C=O) groups is 2. The Labute approximate surface area is 161 Å². The molecule has 146 valence electrons. The van der Waals surface area contributed by atoms with Crippen molar-refractivity contribution in [1.29, 1.82) is 0 Å². The van der Waals surface area contributed by atoms with E-state index in [-0.39, 0.29) is 17.7 Å². The molecule has 0 radical (unpaired) electrons. The molecule has 2 aromatic rings.